The second-order valence-electron chi connectivity index (χ2n) is 7.01. The summed E-state index contributed by atoms with van der Waals surface area (Å²) in [7, 11) is 0. The molecule has 146 valence electrons. The molecule has 1 aliphatic heterocycles. The van der Waals surface area contributed by atoms with Gasteiger partial charge in [0.2, 0.25) is 5.91 Å². The predicted molar refractivity (Wildman–Crippen MR) is 110 cm³/mol. The average Bonchev–Trinajstić information content (AvgIpc) is 2.76. The lowest BCUT2D eigenvalue weighted by Gasteiger charge is -2.45. The summed E-state index contributed by atoms with van der Waals surface area (Å²) in [5.41, 5.74) is 2.15. The Balaban J connectivity index is 1.89. The first-order valence-electron chi connectivity index (χ1n) is 9.53. The van der Waals surface area contributed by atoms with Crippen LogP contribution in [0, 0.1) is 0 Å². The maximum absolute atomic E-state index is 12.4. The predicted octanol–water partition coefficient (Wildman–Crippen LogP) is 2.96. The van der Waals surface area contributed by atoms with E-state index in [9.17, 15) is 9.59 Å². The largest absolute Gasteiger partial charge is 0.440 e. The Morgan fingerprint density at radius 1 is 0.828 bits per heavy atom. The number of amides is 1. The van der Waals surface area contributed by atoms with Crippen molar-refractivity contribution in [1.82, 2.24) is 10.6 Å². The molecule has 1 heterocycles. The minimum Gasteiger partial charge on any atom is -0.440 e. The SMILES string of the molecule is CC(=O)O[C@@H]1NC(=O)[C@H]1NC(c1ccccc1)(c1ccccc1)c1ccccc1. The van der Waals surface area contributed by atoms with Crippen molar-refractivity contribution >= 4 is 11.9 Å². The van der Waals surface area contributed by atoms with Crippen LogP contribution in [0.4, 0.5) is 0 Å². The van der Waals surface area contributed by atoms with Gasteiger partial charge in [-0.2, -0.15) is 0 Å². The summed E-state index contributed by atoms with van der Waals surface area (Å²) in [5.74, 6) is -0.644. The van der Waals surface area contributed by atoms with Crippen LogP contribution in [0.5, 0.6) is 0 Å². The van der Waals surface area contributed by atoms with Crippen molar-refractivity contribution in [3.05, 3.63) is 108 Å². The molecule has 0 saturated carbocycles. The van der Waals surface area contributed by atoms with Crippen molar-refractivity contribution in [1.29, 1.82) is 0 Å². The van der Waals surface area contributed by atoms with Crippen LogP contribution in [0.15, 0.2) is 91.0 Å². The zero-order chi connectivity index (χ0) is 20.3. The van der Waals surface area contributed by atoms with Crippen molar-refractivity contribution in [3.8, 4) is 0 Å². The molecule has 4 rings (SSSR count). The first-order chi connectivity index (χ1) is 14.1. The highest BCUT2D eigenvalue weighted by molar-refractivity contribution is 5.89. The highest BCUT2D eigenvalue weighted by Crippen LogP contribution is 2.38. The molecular weight excluding hydrogens is 364 g/mol. The Morgan fingerprint density at radius 2 is 1.24 bits per heavy atom. The number of esters is 1. The molecule has 29 heavy (non-hydrogen) atoms. The van der Waals surface area contributed by atoms with Gasteiger partial charge in [0.1, 0.15) is 6.04 Å². The van der Waals surface area contributed by atoms with Crippen molar-refractivity contribution in [2.45, 2.75) is 24.7 Å². The van der Waals surface area contributed by atoms with Gasteiger partial charge >= 0.3 is 5.97 Å². The summed E-state index contributed by atoms with van der Waals surface area (Å²) in [6.07, 6.45) is -0.712. The van der Waals surface area contributed by atoms with Crippen molar-refractivity contribution < 1.29 is 14.3 Å². The minimum absolute atomic E-state index is 0.205. The number of ether oxygens (including phenoxy) is 1. The molecule has 5 heteroatoms. The van der Waals surface area contributed by atoms with Gasteiger partial charge in [0.15, 0.2) is 6.23 Å². The zero-order valence-corrected chi connectivity index (χ0v) is 16.0. The topological polar surface area (TPSA) is 67.4 Å². The van der Waals surface area contributed by atoms with Gasteiger partial charge in [-0.3, -0.25) is 14.9 Å². The van der Waals surface area contributed by atoms with E-state index < -0.39 is 23.8 Å². The van der Waals surface area contributed by atoms with E-state index >= 15 is 0 Å². The average molecular weight is 386 g/mol. The van der Waals surface area contributed by atoms with E-state index in [1.54, 1.807) is 0 Å². The molecule has 3 aromatic carbocycles. The van der Waals surface area contributed by atoms with Gasteiger partial charge in [0.25, 0.3) is 0 Å². The standard InChI is InChI=1S/C24H22N2O3/c1-17(27)29-23-21(22(28)25-23)26-24(18-11-5-2-6-12-18,19-13-7-3-8-14-19)20-15-9-4-10-16-20/h2-16,21,23,26H,1H3,(H,25,28)/t21-,23+/m1/s1. The van der Waals surface area contributed by atoms with E-state index in [0.717, 1.165) is 16.7 Å². The third-order valence-electron chi connectivity index (χ3n) is 5.16. The molecule has 1 fully saturated rings. The number of carbonyl (C=O) groups is 2. The summed E-state index contributed by atoms with van der Waals surface area (Å²) >= 11 is 0. The van der Waals surface area contributed by atoms with Gasteiger partial charge in [-0.05, 0) is 16.7 Å². The molecule has 5 nitrogen and oxygen atoms in total. The van der Waals surface area contributed by atoms with E-state index in [-0.39, 0.29) is 5.91 Å². The molecule has 3 aromatic rings. The number of hydrogen-bond donors (Lipinski definition) is 2. The van der Waals surface area contributed by atoms with Gasteiger partial charge in [-0.25, -0.2) is 0 Å². The molecule has 2 atom stereocenters. The van der Waals surface area contributed by atoms with Gasteiger partial charge < -0.3 is 10.1 Å². The quantitative estimate of drug-likeness (QED) is 0.388. The molecule has 0 aromatic heterocycles. The second-order valence-corrected chi connectivity index (χ2v) is 7.01. The van der Waals surface area contributed by atoms with Crippen LogP contribution in [0.3, 0.4) is 0 Å². The van der Waals surface area contributed by atoms with Crippen LogP contribution < -0.4 is 10.6 Å². The fraction of sp³-hybridized carbons (Fsp3) is 0.167. The molecule has 0 radical (unpaired) electrons. The van der Waals surface area contributed by atoms with Crippen molar-refractivity contribution in [3.63, 3.8) is 0 Å². The number of carbonyl (C=O) groups excluding carboxylic acids is 2. The van der Waals surface area contributed by atoms with E-state index in [2.05, 4.69) is 10.6 Å². The molecule has 1 saturated heterocycles. The summed E-state index contributed by atoms with van der Waals surface area (Å²) < 4.78 is 5.29. The maximum Gasteiger partial charge on any atom is 0.304 e. The number of benzene rings is 3. The zero-order valence-electron chi connectivity index (χ0n) is 16.0. The Morgan fingerprint density at radius 3 is 1.59 bits per heavy atom. The van der Waals surface area contributed by atoms with Crippen LogP contribution in [-0.4, -0.2) is 24.1 Å². The lowest BCUT2D eigenvalue weighted by Crippen LogP contribution is -2.72. The first kappa shape index (κ1) is 18.9. The molecule has 2 N–H and O–H groups in total. The number of rotatable bonds is 6. The molecular formula is C24H22N2O3. The number of nitrogens with one attached hydrogen (secondary N) is 2. The molecule has 0 unspecified atom stereocenters. The van der Waals surface area contributed by atoms with Crippen LogP contribution in [0.25, 0.3) is 0 Å². The van der Waals surface area contributed by atoms with E-state index in [1.807, 2.05) is 91.0 Å². The van der Waals surface area contributed by atoms with Crippen LogP contribution in [-0.2, 0) is 19.9 Å². The van der Waals surface area contributed by atoms with Crippen molar-refractivity contribution in [2.75, 3.05) is 0 Å². The lowest BCUT2D eigenvalue weighted by molar-refractivity contribution is -0.163. The van der Waals surface area contributed by atoms with Crippen molar-refractivity contribution in [2.24, 2.45) is 0 Å². The fourth-order valence-corrected chi connectivity index (χ4v) is 3.82. The normalized spacial score (nSPS) is 18.4. The Bertz CT molecular complexity index is 894. The highest BCUT2D eigenvalue weighted by Gasteiger charge is 2.48. The summed E-state index contributed by atoms with van der Waals surface area (Å²) in [5, 5.41) is 6.19. The Hall–Kier alpha value is -3.44. The summed E-state index contributed by atoms with van der Waals surface area (Å²) in [6.45, 7) is 1.33. The number of hydrogen-bond acceptors (Lipinski definition) is 4. The third kappa shape index (κ3) is 3.52. The highest BCUT2D eigenvalue weighted by atomic mass is 16.6. The second kappa shape index (κ2) is 7.89. The molecule has 0 bridgehead atoms. The molecule has 1 amide bonds. The smallest absolute Gasteiger partial charge is 0.304 e. The Kier molecular flexibility index (Phi) is 5.14. The summed E-state index contributed by atoms with van der Waals surface area (Å²) in [4.78, 5) is 23.9. The molecule has 0 aliphatic carbocycles. The van der Waals surface area contributed by atoms with Crippen LogP contribution >= 0.6 is 0 Å². The molecule has 1 aliphatic rings. The van der Waals surface area contributed by atoms with E-state index in [0.29, 0.717) is 0 Å². The van der Waals surface area contributed by atoms with Crippen LogP contribution in [0.2, 0.25) is 0 Å². The minimum atomic E-state index is -0.801. The monoisotopic (exact) mass is 386 g/mol. The van der Waals surface area contributed by atoms with E-state index in [1.165, 1.54) is 6.92 Å². The van der Waals surface area contributed by atoms with Gasteiger partial charge in [0.05, 0.1) is 5.54 Å². The maximum atomic E-state index is 12.4. The molecule has 0 spiro atoms. The Labute approximate surface area is 169 Å². The fourth-order valence-electron chi connectivity index (χ4n) is 3.82. The van der Waals surface area contributed by atoms with Gasteiger partial charge in [0, 0.05) is 6.92 Å². The third-order valence-corrected chi connectivity index (χ3v) is 5.16. The van der Waals surface area contributed by atoms with Gasteiger partial charge in [-0.15, -0.1) is 0 Å². The number of β-lactam (4-membered cyclic amide) rings is 1. The van der Waals surface area contributed by atoms with E-state index in [4.69, 9.17) is 4.74 Å². The first-order valence-corrected chi connectivity index (χ1v) is 9.53. The van der Waals surface area contributed by atoms with Crippen LogP contribution in [0.1, 0.15) is 23.6 Å². The van der Waals surface area contributed by atoms with Gasteiger partial charge in [-0.1, -0.05) is 91.0 Å². The summed E-state index contributed by atoms with van der Waals surface area (Å²) in [6, 6.07) is 29.2. The lowest BCUT2D eigenvalue weighted by atomic mass is 9.76.